The Bertz CT molecular complexity index is 125. The summed E-state index contributed by atoms with van der Waals surface area (Å²) in [5.41, 5.74) is 0. The minimum Gasteiger partial charge on any atom is -0.348 e. The zero-order valence-electron chi connectivity index (χ0n) is 6.18. The Hall–Kier alpha value is -0.900. The summed E-state index contributed by atoms with van der Waals surface area (Å²) >= 11 is 0. The van der Waals surface area contributed by atoms with Crippen LogP contribution < -0.4 is 10.6 Å². The van der Waals surface area contributed by atoms with Gasteiger partial charge in [0.25, 0.3) is 5.91 Å². The molecule has 0 saturated carbocycles. The number of aldehydes is 1. The van der Waals surface area contributed by atoms with Crippen LogP contribution in [0, 0.1) is 0 Å². The minimum absolute atomic E-state index is 0.198. The Labute approximate surface area is 60.0 Å². The standard InChI is InChI=1S/C6H12N2O2/c1-5(7-2)3-8-6(10)4-9/h4-5,7H,3H2,1-2H3,(H,8,10). The molecule has 0 rings (SSSR count). The van der Waals surface area contributed by atoms with Crippen molar-refractivity contribution in [3.63, 3.8) is 0 Å². The van der Waals surface area contributed by atoms with E-state index in [-0.39, 0.29) is 12.3 Å². The van der Waals surface area contributed by atoms with Crippen molar-refractivity contribution in [3.05, 3.63) is 0 Å². The number of carbonyl (C=O) groups excluding carboxylic acids is 2. The van der Waals surface area contributed by atoms with Gasteiger partial charge in [0, 0.05) is 12.6 Å². The first kappa shape index (κ1) is 9.10. The molecule has 1 atom stereocenters. The molecule has 0 aliphatic rings. The van der Waals surface area contributed by atoms with E-state index in [1.807, 2.05) is 6.92 Å². The third-order valence-corrected chi connectivity index (χ3v) is 1.18. The van der Waals surface area contributed by atoms with E-state index in [1.165, 1.54) is 0 Å². The Morgan fingerprint density at radius 2 is 2.30 bits per heavy atom. The highest BCUT2D eigenvalue weighted by Crippen LogP contribution is 1.73. The van der Waals surface area contributed by atoms with Crippen molar-refractivity contribution in [1.29, 1.82) is 0 Å². The fourth-order valence-corrected chi connectivity index (χ4v) is 0.397. The van der Waals surface area contributed by atoms with Crippen LogP contribution in [0.2, 0.25) is 0 Å². The van der Waals surface area contributed by atoms with Crippen molar-refractivity contribution >= 4 is 12.2 Å². The smallest absolute Gasteiger partial charge is 0.284 e. The SMILES string of the molecule is CNC(C)CNC(=O)C=O. The summed E-state index contributed by atoms with van der Waals surface area (Å²) in [5, 5.41) is 5.33. The highest BCUT2D eigenvalue weighted by atomic mass is 16.2. The van der Waals surface area contributed by atoms with Crippen molar-refractivity contribution in [2.75, 3.05) is 13.6 Å². The number of hydrogen-bond donors (Lipinski definition) is 2. The highest BCUT2D eigenvalue weighted by molar-refractivity contribution is 6.23. The zero-order valence-corrected chi connectivity index (χ0v) is 6.18. The van der Waals surface area contributed by atoms with Gasteiger partial charge in [0.1, 0.15) is 0 Å². The predicted octanol–water partition coefficient (Wildman–Crippen LogP) is -1.09. The molecular formula is C6H12N2O2. The molecule has 2 N–H and O–H groups in total. The third-order valence-electron chi connectivity index (χ3n) is 1.18. The molecule has 0 aromatic rings. The topological polar surface area (TPSA) is 58.2 Å². The van der Waals surface area contributed by atoms with Crippen LogP contribution in [-0.2, 0) is 9.59 Å². The van der Waals surface area contributed by atoms with Gasteiger partial charge in [-0.2, -0.15) is 0 Å². The molecule has 0 saturated heterocycles. The molecule has 58 valence electrons. The molecule has 10 heavy (non-hydrogen) atoms. The fraction of sp³-hybridized carbons (Fsp3) is 0.667. The number of amides is 1. The maximum atomic E-state index is 10.3. The van der Waals surface area contributed by atoms with Crippen LogP contribution in [0.5, 0.6) is 0 Å². The average Bonchev–Trinajstić information content (AvgIpc) is 1.99. The van der Waals surface area contributed by atoms with Gasteiger partial charge in [-0.25, -0.2) is 0 Å². The van der Waals surface area contributed by atoms with Gasteiger partial charge >= 0.3 is 0 Å². The molecule has 0 aromatic carbocycles. The lowest BCUT2D eigenvalue weighted by Gasteiger charge is -2.08. The van der Waals surface area contributed by atoms with E-state index in [0.717, 1.165) is 0 Å². The second-order valence-corrected chi connectivity index (χ2v) is 2.05. The molecule has 0 aliphatic carbocycles. The largest absolute Gasteiger partial charge is 0.348 e. The van der Waals surface area contributed by atoms with Gasteiger partial charge in [0.2, 0.25) is 6.29 Å². The highest BCUT2D eigenvalue weighted by Gasteiger charge is 1.99. The Morgan fingerprint density at radius 3 is 2.70 bits per heavy atom. The van der Waals surface area contributed by atoms with Crippen molar-refractivity contribution in [1.82, 2.24) is 10.6 Å². The first-order valence-electron chi connectivity index (χ1n) is 3.11. The number of hydrogen-bond acceptors (Lipinski definition) is 3. The van der Waals surface area contributed by atoms with E-state index < -0.39 is 5.91 Å². The maximum absolute atomic E-state index is 10.3. The molecule has 1 amide bonds. The van der Waals surface area contributed by atoms with E-state index in [0.29, 0.717) is 6.54 Å². The molecule has 4 nitrogen and oxygen atoms in total. The molecule has 4 heteroatoms. The second-order valence-electron chi connectivity index (χ2n) is 2.05. The zero-order chi connectivity index (χ0) is 7.98. The molecule has 0 fully saturated rings. The third kappa shape index (κ3) is 4.03. The summed E-state index contributed by atoms with van der Waals surface area (Å²) in [7, 11) is 1.79. The number of carbonyl (C=O) groups is 2. The van der Waals surface area contributed by atoms with Crippen molar-refractivity contribution in [3.8, 4) is 0 Å². The summed E-state index contributed by atoms with van der Waals surface area (Å²) in [6.07, 6.45) is 0.266. The summed E-state index contributed by atoms with van der Waals surface area (Å²) in [6.45, 7) is 2.39. The van der Waals surface area contributed by atoms with Crippen LogP contribution in [0.4, 0.5) is 0 Å². The average molecular weight is 144 g/mol. The van der Waals surface area contributed by atoms with Gasteiger partial charge in [-0.3, -0.25) is 9.59 Å². The molecule has 0 heterocycles. The van der Waals surface area contributed by atoms with Crippen molar-refractivity contribution < 1.29 is 9.59 Å². The lowest BCUT2D eigenvalue weighted by atomic mass is 10.3. The van der Waals surface area contributed by atoms with Crippen LogP contribution in [-0.4, -0.2) is 31.8 Å². The van der Waals surface area contributed by atoms with Crippen LogP contribution in [0.1, 0.15) is 6.92 Å². The van der Waals surface area contributed by atoms with Crippen LogP contribution >= 0.6 is 0 Å². The van der Waals surface area contributed by atoms with Crippen LogP contribution in [0.25, 0.3) is 0 Å². The normalized spacial score (nSPS) is 12.2. The number of nitrogens with one attached hydrogen (secondary N) is 2. The molecule has 0 aromatic heterocycles. The first-order chi connectivity index (χ1) is 4.70. The summed E-state index contributed by atoms with van der Waals surface area (Å²) in [4.78, 5) is 20.1. The molecule has 1 unspecified atom stereocenters. The summed E-state index contributed by atoms with van der Waals surface area (Å²) < 4.78 is 0. The Kier molecular flexibility index (Phi) is 4.49. The maximum Gasteiger partial charge on any atom is 0.284 e. The van der Waals surface area contributed by atoms with E-state index in [1.54, 1.807) is 7.05 Å². The Balaban J connectivity index is 3.34. The summed E-state index contributed by atoms with van der Waals surface area (Å²) in [5.74, 6) is -0.567. The fourth-order valence-electron chi connectivity index (χ4n) is 0.397. The molecule has 0 radical (unpaired) electrons. The van der Waals surface area contributed by atoms with E-state index in [4.69, 9.17) is 0 Å². The quantitative estimate of drug-likeness (QED) is 0.389. The van der Waals surface area contributed by atoms with Crippen molar-refractivity contribution in [2.24, 2.45) is 0 Å². The van der Waals surface area contributed by atoms with Crippen LogP contribution in [0.3, 0.4) is 0 Å². The monoisotopic (exact) mass is 144 g/mol. The van der Waals surface area contributed by atoms with E-state index >= 15 is 0 Å². The van der Waals surface area contributed by atoms with Gasteiger partial charge < -0.3 is 10.6 Å². The van der Waals surface area contributed by atoms with Gasteiger partial charge in [0.05, 0.1) is 0 Å². The van der Waals surface area contributed by atoms with Gasteiger partial charge in [-0.05, 0) is 14.0 Å². The van der Waals surface area contributed by atoms with Crippen molar-refractivity contribution in [2.45, 2.75) is 13.0 Å². The Morgan fingerprint density at radius 1 is 1.70 bits per heavy atom. The number of likely N-dealkylation sites (N-methyl/N-ethyl adjacent to an activating group) is 1. The van der Waals surface area contributed by atoms with Gasteiger partial charge in [-0.1, -0.05) is 0 Å². The minimum atomic E-state index is -0.567. The lowest BCUT2D eigenvalue weighted by Crippen LogP contribution is -2.37. The second kappa shape index (κ2) is 4.93. The molecular weight excluding hydrogens is 132 g/mol. The predicted molar refractivity (Wildman–Crippen MR) is 37.6 cm³/mol. The van der Waals surface area contributed by atoms with Gasteiger partial charge in [-0.15, -0.1) is 0 Å². The van der Waals surface area contributed by atoms with E-state index in [9.17, 15) is 9.59 Å². The first-order valence-corrected chi connectivity index (χ1v) is 3.11. The van der Waals surface area contributed by atoms with Gasteiger partial charge in [0.15, 0.2) is 0 Å². The molecule has 0 aliphatic heterocycles. The molecule has 0 bridgehead atoms. The molecule has 0 spiro atoms. The lowest BCUT2D eigenvalue weighted by molar-refractivity contribution is -0.131. The number of rotatable bonds is 4. The van der Waals surface area contributed by atoms with Crippen LogP contribution in [0.15, 0.2) is 0 Å². The summed E-state index contributed by atoms with van der Waals surface area (Å²) in [6, 6.07) is 0.198. The van der Waals surface area contributed by atoms with E-state index in [2.05, 4.69) is 10.6 Å².